The molecule has 4 nitrogen and oxygen atoms in total. The quantitative estimate of drug-likeness (QED) is 0.800. The first-order valence-electron chi connectivity index (χ1n) is 6.17. The Labute approximate surface area is 124 Å². The van der Waals surface area contributed by atoms with Crippen molar-refractivity contribution in [3.05, 3.63) is 59.5 Å². The number of carbonyl (C=O) groups excluding carboxylic acids is 1. The minimum absolute atomic E-state index is 0.0587. The third-order valence-corrected chi connectivity index (χ3v) is 3.50. The van der Waals surface area contributed by atoms with E-state index in [0.29, 0.717) is 0 Å². The van der Waals surface area contributed by atoms with Crippen LogP contribution in [0, 0.1) is 0 Å². The van der Waals surface area contributed by atoms with Crippen molar-refractivity contribution in [2.24, 2.45) is 0 Å². The summed E-state index contributed by atoms with van der Waals surface area (Å²) in [6, 6.07) is 11.5. The van der Waals surface area contributed by atoms with Gasteiger partial charge in [0.15, 0.2) is 0 Å². The minimum Gasteiger partial charge on any atom is -0.338 e. The molecule has 20 heavy (non-hydrogen) atoms. The Morgan fingerprint density at radius 3 is 2.80 bits per heavy atom. The van der Waals surface area contributed by atoms with Crippen molar-refractivity contribution in [3.63, 3.8) is 0 Å². The zero-order valence-corrected chi connectivity index (χ0v) is 12.2. The highest BCUT2D eigenvalue weighted by molar-refractivity contribution is 9.10. The monoisotopic (exact) mass is 329 g/mol. The molecule has 2 heterocycles. The van der Waals surface area contributed by atoms with Crippen LogP contribution in [0.4, 0.5) is 5.69 Å². The number of benzene rings is 1. The first-order chi connectivity index (χ1) is 9.72. The maximum atomic E-state index is 12.0. The molecule has 0 spiro atoms. The van der Waals surface area contributed by atoms with Crippen LogP contribution in [0.1, 0.15) is 0 Å². The number of nitrogens with zero attached hydrogens (tertiary/aromatic N) is 2. The van der Waals surface area contributed by atoms with Crippen molar-refractivity contribution in [1.82, 2.24) is 9.55 Å². The zero-order valence-electron chi connectivity index (χ0n) is 10.6. The van der Waals surface area contributed by atoms with E-state index in [1.807, 2.05) is 35.0 Å². The molecule has 5 heteroatoms. The molecule has 3 rings (SSSR count). The first kappa shape index (κ1) is 12.9. The molecule has 0 aliphatic heterocycles. The molecule has 0 fully saturated rings. The highest BCUT2D eigenvalue weighted by Crippen LogP contribution is 2.20. The minimum atomic E-state index is -0.0587. The Bertz CT molecular complexity index is 752. The van der Waals surface area contributed by atoms with E-state index in [4.69, 9.17) is 0 Å². The average Bonchev–Trinajstić information content (AvgIpc) is 2.82. The van der Waals surface area contributed by atoms with Crippen LogP contribution in [0.25, 0.3) is 10.9 Å². The van der Waals surface area contributed by atoms with Gasteiger partial charge in [0.05, 0.1) is 0 Å². The van der Waals surface area contributed by atoms with Crippen molar-refractivity contribution >= 4 is 38.4 Å². The third-order valence-electron chi connectivity index (χ3n) is 3.01. The van der Waals surface area contributed by atoms with Gasteiger partial charge in [-0.15, -0.1) is 0 Å². The van der Waals surface area contributed by atoms with Gasteiger partial charge >= 0.3 is 0 Å². The number of rotatable bonds is 3. The molecule has 1 amide bonds. The highest BCUT2D eigenvalue weighted by atomic mass is 79.9. The van der Waals surface area contributed by atoms with E-state index >= 15 is 0 Å². The molecule has 0 aliphatic carbocycles. The van der Waals surface area contributed by atoms with Crippen LogP contribution in [0.3, 0.4) is 0 Å². The van der Waals surface area contributed by atoms with Crippen LogP contribution >= 0.6 is 15.9 Å². The molecule has 100 valence electrons. The molecular weight excluding hydrogens is 318 g/mol. The van der Waals surface area contributed by atoms with Crippen molar-refractivity contribution in [2.45, 2.75) is 6.54 Å². The maximum Gasteiger partial charge on any atom is 0.244 e. The first-order valence-corrected chi connectivity index (χ1v) is 6.96. The number of amides is 1. The van der Waals surface area contributed by atoms with Gasteiger partial charge in [0, 0.05) is 39.7 Å². The lowest BCUT2D eigenvalue weighted by atomic mass is 10.2. The van der Waals surface area contributed by atoms with Crippen LogP contribution < -0.4 is 5.32 Å². The normalized spacial score (nSPS) is 10.7. The highest BCUT2D eigenvalue weighted by Gasteiger charge is 2.06. The second-order valence-electron chi connectivity index (χ2n) is 4.43. The number of hydrogen-bond acceptors (Lipinski definition) is 2. The van der Waals surface area contributed by atoms with Gasteiger partial charge in [0.2, 0.25) is 5.91 Å². The summed E-state index contributed by atoms with van der Waals surface area (Å²) >= 11 is 3.44. The summed E-state index contributed by atoms with van der Waals surface area (Å²) in [6.45, 7) is 0.285. The molecule has 0 atom stereocenters. The van der Waals surface area contributed by atoms with E-state index < -0.39 is 0 Å². The Balaban J connectivity index is 1.78. The SMILES string of the molecule is O=C(Cn1ccc2cc(Br)ccc21)Nc1ccncc1. The molecule has 2 aromatic heterocycles. The van der Waals surface area contributed by atoms with Crippen LogP contribution in [0.15, 0.2) is 59.5 Å². The third kappa shape index (κ3) is 2.72. The summed E-state index contributed by atoms with van der Waals surface area (Å²) in [5, 5.41) is 3.95. The van der Waals surface area contributed by atoms with Crippen LogP contribution in [0.5, 0.6) is 0 Å². The number of aromatic nitrogens is 2. The molecule has 1 N–H and O–H groups in total. The summed E-state index contributed by atoms with van der Waals surface area (Å²) in [5.41, 5.74) is 1.79. The summed E-state index contributed by atoms with van der Waals surface area (Å²) in [6.07, 6.45) is 5.22. The van der Waals surface area contributed by atoms with Gasteiger partial charge in [-0.05, 0) is 36.4 Å². The van der Waals surface area contributed by atoms with Crippen molar-refractivity contribution in [3.8, 4) is 0 Å². The van der Waals surface area contributed by atoms with E-state index in [1.165, 1.54) is 0 Å². The standard InChI is InChI=1S/C15H12BrN3O/c16-12-1-2-14-11(9-12)5-8-19(14)10-15(20)18-13-3-6-17-7-4-13/h1-9H,10H2,(H,17,18,20). The Hall–Kier alpha value is -2.14. The van der Waals surface area contributed by atoms with E-state index in [1.54, 1.807) is 24.5 Å². The van der Waals surface area contributed by atoms with E-state index in [2.05, 4.69) is 26.2 Å². The van der Waals surface area contributed by atoms with Crippen LogP contribution in [0.2, 0.25) is 0 Å². The fourth-order valence-electron chi connectivity index (χ4n) is 2.10. The Morgan fingerprint density at radius 2 is 2.00 bits per heavy atom. The molecule has 0 saturated heterocycles. The lowest BCUT2D eigenvalue weighted by molar-refractivity contribution is -0.116. The summed E-state index contributed by atoms with van der Waals surface area (Å²) in [7, 11) is 0. The second kappa shape index (κ2) is 5.46. The molecular formula is C15H12BrN3O. The maximum absolute atomic E-state index is 12.0. The van der Waals surface area contributed by atoms with Gasteiger partial charge in [0.1, 0.15) is 6.54 Å². The van der Waals surface area contributed by atoms with Gasteiger partial charge in [-0.1, -0.05) is 15.9 Å². The average molecular weight is 330 g/mol. The van der Waals surface area contributed by atoms with E-state index in [-0.39, 0.29) is 12.5 Å². The Kier molecular flexibility index (Phi) is 3.52. The molecule has 1 aromatic carbocycles. The van der Waals surface area contributed by atoms with Crippen LogP contribution in [-0.4, -0.2) is 15.5 Å². The number of hydrogen-bond donors (Lipinski definition) is 1. The predicted molar refractivity (Wildman–Crippen MR) is 82.5 cm³/mol. The second-order valence-corrected chi connectivity index (χ2v) is 5.35. The van der Waals surface area contributed by atoms with Crippen LogP contribution in [-0.2, 0) is 11.3 Å². The van der Waals surface area contributed by atoms with Crippen molar-refractivity contribution in [1.29, 1.82) is 0 Å². The lowest BCUT2D eigenvalue weighted by Gasteiger charge is -2.07. The fraction of sp³-hybridized carbons (Fsp3) is 0.0667. The van der Waals surface area contributed by atoms with E-state index in [0.717, 1.165) is 21.1 Å². The number of halogens is 1. The van der Waals surface area contributed by atoms with Gasteiger partial charge < -0.3 is 9.88 Å². The molecule has 0 bridgehead atoms. The van der Waals surface area contributed by atoms with Gasteiger partial charge in [-0.2, -0.15) is 0 Å². The van der Waals surface area contributed by atoms with Gasteiger partial charge in [-0.3, -0.25) is 9.78 Å². The number of anilines is 1. The number of pyridine rings is 1. The number of carbonyl (C=O) groups is 1. The molecule has 0 radical (unpaired) electrons. The molecule has 0 saturated carbocycles. The number of nitrogens with one attached hydrogen (secondary N) is 1. The summed E-state index contributed by atoms with van der Waals surface area (Å²) in [4.78, 5) is 15.9. The lowest BCUT2D eigenvalue weighted by Crippen LogP contribution is -2.18. The molecule has 0 unspecified atom stereocenters. The zero-order chi connectivity index (χ0) is 13.9. The predicted octanol–water partition coefficient (Wildman–Crippen LogP) is 3.44. The smallest absolute Gasteiger partial charge is 0.244 e. The topological polar surface area (TPSA) is 46.9 Å². The largest absolute Gasteiger partial charge is 0.338 e. The molecule has 3 aromatic rings. The fourth-order valence-corrected chi connectivity index (χ4v) is 2.48. The van der Waals surface area contributed by atoms with Crippen molar-refractivity contribution in [2.75, 3.05) is 5.32 Å². The van der Waals surface area contributed by atoms with Gasteiger partial charge in [0.25, 0.3) is 0 Å². The number of fused-ring (bicyclic) bond motifs is 1. The molecule has 0 aliphatic rings. The van der Waals surface area contributed by atoms with E-state index in [9.17, 15) is 4.79 Å². The summed E-state index contributed by atoms with van der Waals surface area (Å²) in [5.74, 6) is -0.0587. The Morgan fingerprint density at radius 1 is 1.20 bits per heavy atom. The van der Waals surface area contributed by atoms with Gasteiger partial charge in [-0.25, -0.2) is 0 Å². The summed E-state index contributed by atoms with van der Waals surface area (Å²) < 4.78 is 2.96. The van der Waals surface area contributed by atoms with Crippen molar-refractivity contribution < 1.29 is 4.79 Å².